The highest BCUT2D eigenvalue weighted by Gasteiger charge is 2.02. The maximum absolute atomic E-state index is 11.8. The number of ketones is 2. The van der Waals surface area contributed by atoms with Crippen molar-refractivity contribution in [3.05, 3.63) is 48.6 Å². The maximum atomic E-state index is 11.8. The smallest absolute Gasteiger partial charge is 0.330 e. The molecule has 6 nitrogen and oxygen atoms in total. The molecule has 0 saturated carbocycles. The molecule has 6 heteroatoms. The van der Waals surface area contributed by atoms with Gasteiger partial charge in [0.25, 0.3) is 0 Å². The molecule has 0 atom stereocenters. The predicted molar refractivity (Wildman–Crippen MR) is 115 cm³/mol. The van der Waals surface area contributed by atoms with Crippen molar-refractivity contribution in [2.24, 2.45) is 0 Å². The van der Waals surface area contributed by atoms with E-state index in [-0.39, 0.29) is 24.8 Å². The van der Waals surface area contributed by atoms with E-state index < -0.39 is 11.9 Å². The van der Waals surface area contributed by atoms with E-state index in [1.165, 1.54) is 12.2 Å². The largest absolute Gasteiger partial charge is 0.462 e. The lowest BCUT2D eigenvalue weighted by Crippen LogP contribution is -2.02. The number of rotatable bonds is 0. The van der Waals surface area contributed by atoms with Crippen molar-refractivity contribution in [2.45, 2.75) is 64.2 Å². The predicted octanol–water partition coefficient (Wildman–Crippen LogP) is 4.35. The molecule has 0 N–H and O–H groups in total. The highest BCUT2D eigenvalue weighted by molar-refractivity contribution is 5.83. The van der Waals surface area contributed by atoms with Crippen molar-refractivity contribution in [2.75, 3.05) is 13.2 Å². The highest BCUT2D eigenvalue weighted by Crippen LogP contribution is 2.04. The van der Waals surface area contributed by atoms with Gasteiger partial charge in [0.05, 0.1) is 13.2 Å². The third-order valence-electron chi connectivity index (χ3n) is 4.26. The summed E-state index contributed by atoms with van der Waals surface area (Å²) in [5.74, 6) is -0.549. The van der Waals surface area contributed by atoms with Crippen LogP contribution in [0.2, 0.25) is 0 Å². The van der Waals surface area contributed by atoms with E-state index in [0.29, 0.717) is 64.2 Å². The van der Waals surface area contributed by atoms with E-state index in [0.717, 1.165) is 0 Å². The zero-order valence-corrected chi connectivity index (χ0v) is 17.6. The van der Waals surface area contributed by atoms with Gasteiger partial charge in [0.15, 0.2) is 0 Å². The third kappa shape index (κ3) is 15.2. The normalized spacial score (nSPS) is 24.3. The van der Waals surface area contributed by atoms with E-state index in [9.17, 15) is 19.2 Å². The molecule has 1 aliphatic rings. The first-order valence-electron chi connectivity index (χ1n) is 10.6. The van der Waals surface area contributed by atoms with Gasteiger partial charge < -0.3 is 9.47 Å². The highest BCUT2D eigenvalue weighted by atomic mass is 16.5. The fourth-order valence-corrected chi connectivity index (χ4v) is 2.61. The van der Waals surface area contributed by atoms with Gasteiger partial charge in [-0.3, -0.25) is 9.59 Å². The summed E-state index contributed by atoms with van der Waals surface area (Å²) in [7, 11) is 0. The Morgan fingerprint density at radius 1 is 0.467 bits per heavy atom. The lowest BCUT2D eigenvalue weighted by Gasteiger charge is -2.00. The molecule has 0 aromatic heterocycles. The molecule has 0 aromatic rings. The summed E-state index contributed by atoms with van der Waals surface area (Å²) in [5.41, 5.74) is 0. The van der Waals surface area contributed by atoms with Crippen LogP contribution in [-0.4, -0.2) is 36.7 Å². The molecule has 0 fully saturated rings. The zero-order chi connectivity index (χ0) is 21.9. The van der Waals surface area contributed by atoms with E-state index in [2.05, 4.69) is 0 Å². The second-order valence-electron chi connectivity index (χ2n) is 6.89. The molecular weight excluding hydrogens is 384 g/mol. The number of hydrogen-bond acceptors (Lipinski definition) is 6. The van der Waals surface area contributed by atoms with E-state index in [4.69, 9.17) is 9.47 Å². The summed E-state index contributed by atoms with van der Waals surface area (Å²) in [5, 5.41) is 0. The molecule has 0 aromatic carbocycles. The van der Waals surface area contributed by atoms with Gasteiger partial charge in [0.1, 0.15) is 11.6 Å². The van der Waals surface area contributed by atoms with E-state index in [1.807, 2.05) is 24.3 Å². The second kappa shape index (κ2) is 17.1. The van der Waals surface area contributed by atoms with Crippen molar-refractivity contribution < 1.29 is 28.7 Å². The number of carbonyl (C=O) groups is 4. The number of Topliss-reactive ketones (excluding diaryl/α,β-unsaturated/α-hetero) is 2. The summed E-state index contributed by atoms with van der Waals surface area (Å²) >= 11 is 0. The van der Waals surface area contributed by atoms with Crippen molar-refractivity contribution >= 4 is 23.5 Å². The fourth-order valence-electron chi connectivity index (χ4n) is 2.61. The maximum Gasteiger partial charge on any atom is 0.330 e. The SMILES string of the molecule is O=C1CC/C=C\CCOC(=O)/C=C/CCC(=O)CC/C=C\CCOC(=O)/C=C/CC1. The minimum Gasteiger partial charge on any atom is -0.462 e. The number of allylic oxidation sites excluding steroid dienone is 4. The lowest BCUT2D eigenvalue weighted by molar-refractivity contribution is -0.138. The first kappa shape index (κ1) is 25.3. The topological polar surface area (TPSA) is 86.7 Å². The number of hydrogen-bond donors (Lipinski definition) is 0. The van der Waals surface area contributed by atoms with Gasteiger partial charge in [-0.05, 0) is 38.5 Å². The Morgan fingerprint density at radius 3 is 1.20 bits per heavy atom. The molecule has 0 amide bonds. The molecule has 0 aliphatic carbocycles. The minimum atomic E-state index is -0.413. The van der Waals surface area contributed by atoms with Crippen LogP contribution in [0.5, 0.6) is 0 Å². The van der Waals surface area contributed by atoms with Crippen LogP contribution in [0.1, 0.15) is 64.2 Å². The molecule has 1 aliphatic heterocycles. The summed E-state index contributed by atoms with van der Waals surface area (Å²) in [4.78, 5) is 46.8. The van der Waals surface area contributed by atoms with Crippen molar-refractivity contribution in [3.63, 3.8) is 0 Å². The first-order valence-corrected chi connectivity index (χ1v) is 10.6. The van der Waals surface area contributed by atoms with Crippen LogP contribution in [-0.2, 0) is 28.7 Å². The molecule has 0 saturated heterocycles. The first-order chi connectivity index (χ1) is 14.6. The van der Waals surface area contributed by atoms with E-state index in [1.54, 1.807) is 12.2 Å². The monoisotopic (exact) mass is 416 g/mol. The Kier molecular flexibility index (Phi) is 14.4. The van der Waals surface area contributed by atoms with Crippen LogP contribution in [0, 0.1) is 0 Å². The average molecular weight is 417 g/mol. The number of esters is 2. The Balaban J connectivity index is 2.46. The van der Waals surface area contributed by atoms with Crippen LogP contribution in [0.25, 0.3) is 0 Å². The van der Waals surface area contributed by atoms with Gasteiger partial charge in [0, 0.05) is 37.8 Å². The lowest BCUT2D eigenvalue weighted by atomic mass is 10.1. The summed E-state index contributed by atoms with van der Waals surface area (Å²) < 4.78 is 10.2. The van der Waals surface area contributed by atoms with Crippen LogP contribution in [0.3, 0.4) is 0 Å². The van der Waals surface area contributed by atoms with Gasteiger partial charge in [-0.1, -0.05) is 36.5 Å². The van der Waals surface area contributed by atoms with Crippen LogP contribution >= 0.6 is 0 Å². The average Bonchev–Trinajstić information content (AvgIpc) is 2.72. The Hall–Kier alpha value is -2.76. The molecule has 1 heterocycles. The number of cyclic esters (lactones) is 2. The second-order valence-corrected chi connectivity index (χ2v) is 6.89. The third-order valence-corrected chi connectivity index (χ3v) is 4.26. The van der Waals surface area contributed by atoms with Crippen molar-refractivity contribution in [3.8, 4) is 0 Å². The molecule has 0 spiro atoms. The Labute approximate surface area is 178 Å². The van der Waals surface area contributed by atoms with Gasteiger partial charge in [-0.15, -0.1) is 0 Å². The Morgan fingerprint density at radius 2 is 0.800 bits per heavy atom. The van der Waals surface area contributed by atoms with Gasteiger partial charge >= 0.3 is 11.9 Å². The molecule has 0 bridgehead atoms. The van der Waals surface area contributed by atoms with Crippen molar-refractivity contribution in [1.29, 1.82) is 0 Å². The van der Waals surface area contributed by atoms with Crippen LogP contribution in [0.4, 0.5) is 0 Å². The van der Waals surface area contributed by atoms with Crippen LogP contribution < -0.4 is 0 Å². The summed E-state index contributed by atoms with van der Waals surface area (Å²) in [6, 6.07) is 0. The standard InChI is InChI=1S/C24H32O6/c25-21-13-5-1-3-11-19-29-23(27)17-10-8-16-22(26)14-6-2-4-12-20-30-24(28)18-9-7-15-21/h1-4,9-10,17-18H,5-8,11-16,19-20H2/b3-1-,4-2-,17-10+,18-9+. The van der Waals surface area contributed by atoms with Gasteiger partial charge in [-0.25, -0.2) is 9.59 Å². The number of carbonyl (C=O) groups excluding carboxylic acids is 4. The van der Waals surface area contributed by atoms with Crippen LogP contribution in [0.15, 0.2) is 48.6 Å². The number of ether oxygens (including phenoxy) is 2. The minimum absolute atomic E-state index is 0.138. The van der Waals surface area contributed by atoms with E-state index >= 15 is 0 Å². The van der Waals surface area contributed by atoms with Gasteiger partial charge in [0.2, 0.25) is 0 Å². The molecular formula is C24H32O6. The summed E-state index contributed by atoms with van der Waals surface area (Å²) in [6.45, 7) is 0.555. The summed E-state index contributed by atoms with van der Waals surface area (Å²) in [6.07, 6.45) is 18.8. The van der Waals surface area contributed by atoms with Gasteiger partial charge in [-0.2, -0.15) is 0 Å². The molecule has 1 rings (SSSR count). The zero-order valence-electron chi connectivity index (χ0n) is 17.6. The van der Waals surface area contributed by atoms with Crippen molar-refractivity contribution in [1.82, 2.24) is 0 Å². The molecule has 0 unspecified atom stereocenters. The fraction of sp³-hybridized carbons (Fsp3) is 0.500. The quantitative estimate of drug-likeness (QED) is 0.431. The molecule has 0 radical (unpaired) electrons. The molecule has 30 heavy (non-hydrogen) atoms. The molecule has 164 valence electrons. The Bertz CT molecular complexity index is 611.